The monoisotopic (exact) mass is 453 g/mol. The minimum Gasteiger partial charge on any atom is -0.444 e. The van der Waals surface area contributed by atoms with Crippen LogP contribution in [-0.2, 0) is 11.3 Å². The molecule has 1 aliphatic heterocycles. The first kappa shape index (κ1) is 22.5. The predicted octanol–water partition coefficient (Wildman–Crippen LogP) is 2.39. The summed E-state index contributed by atoms with van der Waals surface area (Å²) in [4.78, 5) is 33.2. The third-order valence-corrected chi connectivity index (χ3v) is 5.15. The van der Waals surface area contributed by atoms with Crippen LogP contribution in [-0.4, -0.2) is 51.3 Å². The number of nitrogens with zero attached hydrogens (tertiary/aromatic N) is 4. The van der Waals surface area contributed by atoms with Gasteiger partial charge in [-0.15, -0.1) is 0 Å². The van der Waals surface area contributed by atoms with Gasteiger partial charge in [0.15, 0.2) is 11.4 Å². The van der Waals surface area contributed by atoms with E-state index in [4.69, 9.17) is 14.9 Å². The molecule has 0 radical (unpaired) electrons. The fourth-order valence-corrected chi connectivity index (χ4v) is 3.45. The molecule has 1 aliphatic rings. The van der Waals surface area contributed by atoms with Gasteiger partial charge in [0.1, 0.15) is 12.1 Å². The van der Waals surface area contributed by atoms with E-state index in [1.165, 1.54) is 6.26 Å². The number of nitrogens with one attached hydrogen (secondary N) is 2. The average molecular weight is 454 g/mol. The van der Waals surface area contributed by atoms with Gasteiger partial charge in [0, 0.05) is 43.6 Å². The maximum atomic E-state index is 12.8. The minimum atomic E-state index is -0.731. The number of nitrogens with two attached hydrogens (primary N) is 1. The highest BCUT2D eigenvalue weighted by Crippen LogP contribution is 2.22. The molecule has 0 bridgehead atoms. The average Bonchev–Trinajstić information content (AvgIpc) is 3.54. The Balaban J connectivity index is 1.47. The topological polar surface area (TPSA) is 150 Å². The van der Waals surface area contributed by atoms with Gasteiger partial charge in [0.2, 0.25) is 5.89 Å². The fourth-order valence-electron chi connectivity index (χ4n) is 3.45. The molecule has 0 aliphatic carbocycles. The summed E-state index contributed by atoms with van der Waals surface area (Å²) in [5, 5.41) is 10.1. The number of primary amides is 1. The van der Waals surface area contributed by atoms with Crippen molar-refractivity contribution in [3.05, 3.63) is 42.2 Å². The van der Waals surface area contributed by atoms with Crippen LogP contribution in [0.15, 0.2) is 35.2 Å². The Labute approximate surface area is 190 Å². The predicted molar refractivity (Wildman–Crippen MR) is 121 cm³/mol. The van der Waals surface area contributed by atoms with Gasteiger partial charge in [-0.1, -0.05) is 13.8 Å². The number of anilines is 2. The second-order valence-corrected chi connectivity index (χ2v) is 8.40. The molecule has 3 aromatic heterocycles. The standard InChI is InChI=1S/C22H27N7O4/c1-13(2)8-25-18-7-15(3-5-24-18)22-27-17(12-33-22)21(31)26-16-10-29(28-19(16)20(23)30)9-14-4-6-32-11-14/h3,5,7,10,12-14H,4,6,8-9,11H2,1-2H3,(H2,23,30)(H,24,25)(H,26,31)/t14-/m0/s1. The Morgan fingerprint density at radius 2 is 2.21 bits per heavy atom. The Hall–Kier alpha value is -3.73. The van der Waals surface area contributed by atoms with Crippen molar-refractivity contribution in [3.8, 4) is 11.5 Å². The molecule has 1 fully saturated rings. The molecule has 4 N–H and O–H groups in total. The minimum absolute atomic E-state index is 0.0130. The third-order valence-electron chi connectivity index (χ3n) is 5.15. The van der Waals surface area contributed by atoms with Crippen molar-refractivity contribution in [2.24, 2.45) is 17.6 Å². The number of amides is 2. The van der Waals surface area contributed by atoms with Gasteiger partial charge < -0.3 is 25.5 Å². The van der Waals surface area contributed by atoms with Gasteiger partial charge in [-0.2, -0.15) is 5.10 Å². The molecule has 1 saturated heterocycles. The van der Waals surface area contributed by atoms with Crippen molar-refractivity contribution in [1.82, 2.24) is 19.7 Å². The number of carbonyl (C=O) groups is 2. The van der Waals surface area contributed by atoms with Crippen LogP contribution in [0.25, 0.3) is 11.5 Å². The van der Waals surface area contributed by atoms with E-state index in [1.54, 1.807) is 29.2 Å². The lowest BCUT2D eigenvalue weighted by molar-refractivity contribution is 0.0995. The summed E-state index contributed by atoms with van der Waals surface area (Å²) in [5.41, 5.74) is 6.40. The lowest BCUT2D eigenvalue weighted by Gasteiger charge is -2.08. The number of aromatic nitrogens is 4. The molecular weight excluding hydrogens is 426 g/mol. The van der Waals surface area contributed by atoms with E-state index in [1.807, 2.05) is 0 Å². The molecule has 11 heteroatoms. The quantitative estimate of drug-likeness (QED) is 0.447. The van der Waals surface area contributed by atoms with Crippen LogP contribution >= 0.6 is 0 Å². The van der Waals surface area contributed by atoms with Gasteiger partial charge in [-0.3, -0.25) is 14.3 Å². The van der Waals surface area contributed by atoms with Crippen molar-refractivity contribution >= 4 is 23.3 Å². The van der Waals surface area contributed by atoms with Crippen molar-refractivity contribution in [2.75, 3.05) is 30.4 Å². The Bertz CT molecular complexity index is 1130. The van der Waals surface area contributed by atoms with Crippen molar-refractivity contribution in [3.63, 3.8) is 0 Å². The lowest BCUT2D eigenvalue weighted by Crippen LogP contribution is -2.18. The highest BCUT2D eigenvalue weighted by atomic mass is 16.5. The molecule has 0 spiro atoms. The van der Waals surface area contributed by atoms with Crippen LogP contribution in [0.5, 0.6) is 0 Å². The van der Waals surface area contributed by atoms with Crippen LogP contribution < -0.4 is 16.4 Å². The van der Waals surface area contributed by atoms with E-state index in [2.05, 4.69) is 39.5 Å². The van der Waals surface area contributed by atoms with E-state index in [0.717, 1.165) is 13.0 Å². The maximum absolute atomic E-state index is 12.8. The third kappa shape index (κ3) is 5.55. The maximum Gasteiger partial charge on any atom is 0.277 e. The zero-order valence-corrected chi connectivity index (χ0v) is 18.6. The van der Waals surface area contributed by atoms with E-state index in [9.17, 15) is 9.59 Å². The number of carbonyl (C=O) groups excluding carboxylic acids is 2. The van der Waals surface area contributed by atoms with E-state index >= 15 is 0 Å². The first-order valence-electron chi connectivity index (χ1n) is 10.8. The molecule has 2 amide bonds. The van der Waals surface area contributed by atoms with Gasteiger partial charge in [0.25, 0.3) is 11.8 Å². The van der Waals surface area contributed by atoms with E-state index < -0.39 is 11.8 Å². The second kappa shape index (κ2) is 9.82. The van der Waals surface area contributed by atoms with Gasteiger partial charge in [0.05, 0.1) is 12.3 Å². The molecule has 0 saturated carbocycles. The summed E-state index contributed by atoms with van der Waals surface area (Å²) in [5.74, 6) is 0.467. The molecule has 0 aromatic carbocycles. The van der Waals surface area contributed by atoms with Crippen LogP contribution in [0.2, 0.25) is 0 Å². The van der Waals surface area contributed by atoms with Crippen LogP contribution in [0.3, 0.4) is 0 Å². The summed E-state index contributed by atoms with van der Waals surface area (Å²) in [6.45, 7) is 6.90. The molecule has 11 nitrogen and oxygen atoms in total. The molecule has 174 valence electrons. The van der Waals surface area contributed by atoms with E-state index in [-0.39, 0.29) is 23.0 Å². The molecule has 3 aromatic rings. The molecule has 0 unspecified atom stereocenters. The lowest BCUT2D eigenvalue weighted by atomic mass is 10.1. The van der Waals surface area contributed by atoms with E-state index in [0.29, 0.717) is 43.0 Å². The molecular formula is C22H27N7O4. The Morgan fingerprint density at radius 1 is 1.36 bits per heavy atom. The first-order chi connectivity index (χ1) is 15.9. The normalized spacial score (nSPS) is 15.7. The van der Waals surface area contributed by atoms with Crippen molar-refractivity contribution < 1.29 is 18.7 Å². The molecule has 4 heterocycles. The van der Waals surface area contributed by atoms with Crippen molar-refractivity contribution in [2.45, 2.75) is 26.8 Å². The SMILES string of the molecule is CC(C)CNc1cc(-c2nc(C(=O)Nc3cn(C[C@@H]4CCOC4)nc3C(N)=O)co2)ccn1. The summed E-state index contributed by atoms with van der Waals surface area (Å²) < 4.78 is 12.5. The van der Waals surface area contributed by atoms with Crippen LogP contribution in [0.4, 0.5) is 11.5 Å². The molecule has 33 heavy (non-hydrogen) atoms. The second-order valence-electron chi connectivity index (χ2n) is 8.40. The summed E-state index contributed by atoms with van der Waals surface area (Å²) in [7, 11) is 0. The first-order valence-corrected chi connectivity index (χ1v) is 10.8. The number of oxazole rings is 1. The molecule has 1 atom stereocenters. The highest BCUT2D eigenvalue weighted by Gasteiger charge is 2.22. The number of hydrogen-bond acceptors (Lipinski definition) is 8. The zero-order valence-electron chi connectivity index (χ0n) is 18.6. The number of ether oxygens (including phenoxy) is 1. The fraction of sp³-hybridized carbons (Fsp3) is 0.409. The van der Waals surface area contributed by atoms with Gasteiger partial charge in [-0.05, 0) is 24.5 Å². The summed E-state index contributed by atoms with van der Waals surface area (Å²) in [6, 6.07) is 3.55. The Kier molecular flexibility index (Phi) is 6.68. The largest absolute Gasteiger partial charge is 0.444 e. The van der Waals surface area contributed by atoms with Crippen LogP contribution in [0.1, 0.15) is 41.2 Å². The smallest absolute Gasteiger partial charge is 0.277 e. The summed E-state index contributed by atoms with van der Waals surface area (Å²) in [6.07, 6.45) is 5.41. The van der Waals surface area contributed by atoms with Crippen LogP contribution in [0, 0.1) is 11.8 Å². The Morgan fingerprint density at radius 3 is 2.94 bits per heavy atom. The highest BCUT2D eigenvalue weighted by molar-refractivity contribution is 6.07. The zero-order chi connectivity index (χ0) is 23.4. The number of rotatable bonds is 9. The van der Waals surface area contributed by atoms with Crippen molar-refractivity contribution in [1.29, 1.82) is 0 Å². The molecule has 4 rings (SSSR count). The van der Waals surface area contributed by atoms with Gasteiger partial charge in [-0.25, -0.2) is 9.97 Å². The number of hydrogen-bond donors (Lipinski definition) is 3. The number of pyridine rings is 1. The van der Waals surface area contributed by atoms with Gasteiger partial charge >= 0.3 is 0 Å². The summed E-state index contributed by atoms with van der Waals surface area (Å²) >= 11 is 0.